The average Bonchev–Trinajstić information content (AvgIpc) is 2.29. The Bertz CT molecular complexity index is 393. The lowest BCUT2D eigenvalue weighted by Gasteiger charge is -2.17. The molecule has 0 aliphatic heterocycles. The fourth-order valence-electron chi connectivity index (χ4n) is 1.69. The van der Waals surface area contributed by atoms with Crippen LogP contribution in [0.5, 0.6) is 0 Å². The monoisotopic (exact) mass is 267 g/mol. The van der Waals surface area contributed by atoms with Gasteiger partial charge in [0.15, 0.2) is 0 Å². The Morgan fingerprint density at radius 1 is 1.39 bits per heavy atom. The highest BCUT2D eigenvalue weighted by Crippen LogP contribution is 2.22. The molecule has 0 fully saturated rings. The molecule has 100 valence electrons. The number of nitrogens with one attached hydrogen (secondary N) is 1. The van der Waals surface area contributed by atoms with Gasteiger partial charge in [-0.1, -0.05) is 32.0 Å². The van der Waals surface area contributed by atoms with Crippen LogP contribution in [-0.2, 0) is 4.79 Å². The van der Waals surface area contributed by atoms with Crippen molar-refractivity contribution in [2.24, 2.45) is 0 Å². The summed E-state index contributed by atoms with van der Waals surface area (Å²) in [6.07, 6.45) is 0.631. The number of hydrogen-bond donors (Lipinski definition) is 2. The maximum absolute atomic E-state index is 11.1. The zero-order chi connectivity index (χ0) is 13.5. The molecule has 1 atom stereocenters. The zero-order valence-corrected chi connectivity index (χ0v) is 12.0. The molecule has 0 aromatic heterocycles. The number of benzene rings is 1. The maximum atomic E-state index is 11.1. The number of carboxylic acid groups (broad SMARTS) is 1. The Balaban J connectivity index is 2.44. The predicted molar refractivity (Wildman–Crippen MR) is 76.2 cm³/mol. The summed E-state index contributed by atoms with van der Waals surface area (Å²) in [5.74, 6) is 0.0377. The van der Waals surface area contributed by atoms with E-state index in [4.69, 9.17) is 5.11 Å². The molecule has 1 aromatic rings. The molecule has 0 heterocycles. The number of carboxylic acids is 1. The molecular weight excluding hydrogens is 246 g/mol. The number of aliphatic carboxylic acids is 1. The molecule has 0 aliphatic carbocycles. The van der Waals surface area contributed by atoms with E-state index in [0.717, 1.165) is 5.75 Å². The molecule has 0 spiro atoms. The first kappa shape index (κ1) is 15.1. The summed E-state index contributed by atoms with van der Waals surface area (Å²) in [5.41, 5.74) is 1.24. The van der Waals surface area contributed by atoms with Gasteiger partial charge in [-0.15, -0.1) is 11.8 Å². The van der Waals surface area contributed by atoms with Crippen LogP contribution >= 0.6 is 11.8 Å². The second-order valence-electron chi connectivity index (χ2n) is 4.61. The molecule has 0 radical (unpaired) electrons. The van der Waals surface area contributed by atoms with Crippen LogP contribution in [0.2, 0.25) is 0 Å². The van der Waals surface area contributed by atoms with Crippen molar-refractivity contribution in [2.75, 3.05) is 5.75 Å². The number of carbonyl (C=O) groups is 1. The highest BCUT2D eigenvalue weighted by atomic mass is 32.2. The van der Waals surface area contributed by atoms with Gasteiger partial charge in [-0.3, -0.25) is 4.79 Å². The fourth-order valence-corrected chi connectivity index (χ4v) is 2.73. The zero-order valence-electron chi connectivity index (χ0n) is 11.1. The smallest absolute Gasteiger partial charge is 0.320 e. The Labute approximate surface area is 113 Å². The molecule has 0 saturated heterocycles. The van der Waals surface area contributed by atoms with E-state index in [9.17, 15) is 4.79 Å². The van der Waals surface area contributed by atoms with Crippen LogP contribution in [-0.4, -0.2) is 28.9 Å². The van der Waals surface area contributed by atoms with Gasteiger partial charge in [-0.25, -0.2) is 0 Å². The van der Waals surface area contributed by atoms with Crippen molar-refractivity contribution in [1.29, 1.82) is 0 Å². The molecule has 0 bridgehead atoms. The maximum Gasteiger partial charge on any atom is 0.320 e. The van der Waals surface area contributed by atoms with Crippen LogP contribution in [0.1, 0.15) is 25.8 Å². The molecule has 2 N–H and O–H groups in total. The molecule has 1 aromatic carbocycles. The fraction of sp³-hybridized carbons (Fsp3) is 0.500. The summed E-state index contributed by atoms with van der Waals surface area (Å²) in [6, 6.07) is 7.90. The van der Waals surface area contributed by atoms with Gasteiger partial charge in [0, 0.05) is 16.7 Å². The van der Waals surface area contributed by atoms with Gasteiger partial charge in [0.05, 0.1) is 0 Å². The van der Waals surface area contributed by atoms with Crippen LogP contribution in [0, 0.1) is 6.92 Å². The van der Waals surface area contributed by atoms with E-state index in [1.807, 2.05) is 26.0 Å². The molecule has 0 aliphatic rings. The third-order valence-electron chi connectivity index (χ3n) is 2.59. The van der Waals surface area contributed by atoms with Crippen molar-refractivity contribution >= 4 is 17.7 Å². The van der Waals surface area contributed by atoms with Crippen molar-refractivity contribution in [3.05, 3.63) is 29.8 Å². The molecule has 4 heteroatoms. The van der Waals surface area contributed by atoms with E-state index in [1.165, 1.54) is 10.5 Å². The average molecular weight is 267 g/mol. The SMILES string of the molecule is Cc1ccccc1SCCC(NC(C)C)C(=O)O. The van der Waals surface area contributed by atoms with Crippen molar-refractivity contribution in [3.63, 3.8) is 0 Å². The highest BCUT2D eigenvalue weighted by Gasteiger charge is 2.17. The van der Waals surface area contributed by atoms with Crippen LogP contribution in [0.15, 0.2) is 29.2 Å². The number of thioether (sulfide) groups is 1. The Hall–Kier alpha value is -1.00. The normalized spacial score (nSPS) is 12.7. The first-order valence-corrected chi connectivity index (χ1v) is 7.16. The van der Waals surface area contributed by atoms with Crippen LogP contribution in [0.3, 0.4) is 0 Å². The molecule has 0 saturated carbocycles. The van der Waals surface area contributed by atoms with Crippen molar-refractivity contribution in [2.45, 2.75) is 44.2 Å². The number of aryl methyl sites for hydroxylation is 1. The Morgan fingerprint density at radius 3 is 2.61 bits per heavy atom. The minimum Gasteiger partial charge on any atom is -0.480 e. The largest absolute Gasteiger partial charge is 0.480 e. The van der Waals surface area contributed by atoms with Crippen LogP contribution in [0.4, 0.5) is 0 Å². The lowest BCUT2D eigenvalue weighted by molar-refractivity contribution is -0.139. The lowest BCUT2D eigenvalue weighted by atomic mass is 10.2. The van der Waals surface area contributed by atoms with E-state index < -0.39 is 12.0 Å². The second-order valence-corrected chi connectivity index (χ2v) is 5.75. The molecular formula is C14H21NO2S. The second kappa shape index (κ2) is 7.44. The van der Waals surface area contributed by atoms with Crippen molar-refractivity contribution in [3.8, 4) is 0 Å². The van der Waals surface area contributed by atoms with E-state index in [-0.39, 0.29) is 6.04 Å². The number of rotatable bonds is 7. The van der Waals surface area contributed by atoms with Crippen LogP contribution < -0.4 is 5.32 Å². The first-order valence-electron chi connectivity index (χ1n) is 6.18. The van der Waals surface area contributed by atoms with Gasteiger partial charge in [-0.2, -0.15) is 0 Å². The molecule has 18 heavy (non-hydrogen) atoms. The topological polar surface area (TPSA) is 49.3 Å². The molecule has 1 rings (SSSR count). The quantitative estimate of drug-likeness (QED) is 0.746. The van der Waals surface area contributed by atoms with E-state index in [0.29, 0.717) is 6.42 Å². The summed E-state index contributed by atoms with van der Waals surface area (Å²) in [7, 11) is 0. The highest BCUT2D eigenvalue weighted by molar-refractivity contribution is 7.99. The summed E-state index contributed by atoms with van der Waals surface area (Å²) in [4.78, 5) is 12.3. The van der Waals surface area contributed by atoms with Crippen molar-refractivity contribution < 1.29 is 9.90 Å². The summed E-state index contributed by atoms with van der Waals surface area (Å²) < 4.78 is 0. The van der Waals surface area contributed by atoms with Gasteiger partial charge >= 0.3 is 5.97 Å². The van der Waals surface area contributed by atoms with Gasteiger partial charge in [-0.05, 0) is 25.0 Å². The molecule has 1 unspecified atom stereocenters. The third kappa shape index (κ3) is 5.10. The van der Waals surface area contributed by atoms with E-state index >= 15 is 0 Å². The van der Waals surface area contributed by atoms with Gasteiger partial charge in [0.2, 0.25) is 0 Å². The predicted octanol–water partition coefficient (Wildman–Crippen LogP) is 2.93. The van der Waals surface area contributed by atoms with Crippen LogP contribution in [0.25, 0.3) is 0 Å². The van der Waals surface area contributed by atoms with Gasteiger partial charge in [0.1, 0.15) is 6.04 Å². The molecule has 3 nitrogen and oxygen atoms in total. The first-order chi connectivity index (χ1) is 8.50. The third-order valence-corrected chi connectivity index (χ3v) is 3.80. The van der Waals surface area contributed by atoms with Gasteiger partial charge < -0.3 is 10.4 Å². The van der Waals surface area contributed by atoms with Gasteiger partial charge in [0.25, 0.3) is 0 Å². The summed E-state index contributed by atoms with van der Waals surface area (Å²) in [5, 5.41) is 12.2. The van der Waals surface area contributed by atoms with E-state index in [2.05, 4.69) is 24.4 Å². The Kier molecular flexibility index (Phi) is 6.22. The molecule has 0 amide bonds. The summed E-state index contributed by atoms with van der Waals surface area (Å²) in [6.45, 7) is 6.00. The summed E-state index contributed by atoms with van der Waals surface area (Å²) >= 11 is 1.72. The van der Waals surface area contributed by atoms with E-state index in [1.54, 1.807) is 11.8 Å². The minimum absolute atomic E-state index is 0.189. The van der Waals surface area contributed by atoms with Crippen molar-refractivity contribution in [1.82, 2.24) is 5.32 Å². The Morgan fingerprint density at radius 2 is 2.06 bits per heavy atom. The lowest BCUT2D eigenvalue weighted by Crippen LogP contribution is -2.41. The number of hydrogen-bond acceptors (Lipinski definition) is 3. The standard InChI is InChI=1S/C14H21NO2S/c1-10(2)15-12(14(16)17)8-9-18-13-7-5-4-6-11(13)3/h4-7,10,12,15H,8-9H2,1-3H3,(H,16,17). The minimum atomic E-state index is -0.769.